The Morgan fingerprint density at radius 1 is 1.24 bits per heavy atom. The molecule has 3 aromatic rings. The van der Waals surface area contributed by atoms with E-state index in [1.165, 1.54) is 17.3 Å². The van der Waals surface area contributed by atoms with Crippen LogP contribution in [0.25, 0.3) is 10.9 Å². The molecular weight excluding hydrogens is 318 g/mol. The molecule has 3 N–H and O–H groups in total. The third-order valence-corrected chi connectivity index (χ3v) is 3.87. The Morgan fingerprint density at radius 3 is 3.00 bits per heavy atom. The molecule has 1 aromatic carbocycles. The Morgan fingerprint density at radius 2 is 2.12 bits per heavy atom. The third-order valence-electron chi connectivity index (χ3n) is 3.87. The summed E-state index contributed by atoms with van der Waals surface area (Å²) in [5, 5.41) is 7.21. The van der Waals surface area contributed by atoms with Gasteiger partial charge in [-0.2, -0.15) is 0 Å². The van der Waals surface area contributed by atoms with Gasteiger partial charge in [0.1, 0.15) is 17.8 Å². The van der Waals surface area contributed by atoms with Crippen molar-refractivity contribution in [2.75, 3.05) is 32.1 Å². The van der Waals surface area contributed by atoms with Gasteiger partial charge in [-0.15, -0.1) is 0 Å². The molecule has 1 amide bonds. The Balaban J connectivity index is 1.56. The van der Waals surface area contributed by atoms with Crippen LogP contribution in [0, 0.1) is 0 Å². The maximum atomic E-state index is 12.0. The zero-order chi connectivity index (χ0) is 17.5. The third kappa shape index (κ3) is 4.33. The number of benzene rings is 1. The average Bonchev–Trinajstić information content (AvgIpc) is 3.05. The Hall–Kier alpha value is -2.93. The Bertz CT molecular complexity index is 846. The van der Waals surface area contributed by atoms with Crippen molar-refractivity contribution >= 4 is 22.6 Å². The van der Waals surface area contributed by atoms with E-state index in [0.29, 0.717) is 31.2 Å². The van der Waals surface area contributed by atoms with Crippen LogP contribution in [-0.4, -0.2) is 47.7 Å². The molecule has 0 aliphatic heterocycles. The van der Waals surface area contributed by atoms with Gasteiger partial charge in [0.05, 0.1) is 6.61 Å². The molecule has 0 bridgehead atoms. The van der Waals surface area contributed by atoms with E-state index in [2.05, 4.69) is 37.7 Å². The highest BCUT2D eigenvalue weighted by Crippen LogP contribution is 2.18. The summed E-state index contributed by atoms with van der Waals surface area (Å²) in [6.07, 6.45) is 4.27. The highest BCUT2D eigenvalue weighted by atomic mass is 16.5. The highest BCUT2D eigenvalue weighted by molar-refractivity contribution is 5.92. The zero-order valence-electron chi connectivity index (χ0n) is 14.1. The predicted octanol–water partition coefficient (Wildman–Crippen LogP) is 1.99. The number of ether oxygens (including phenoxy) is 1. The lowest BCUT2D eigenvalue weighted by Crippen LogP contribution is -2.27. The number of nitrogens with one attached hydrogen (secondary N) is 3. The fourth-order valence-corrected chi connectivity index (χ4v) is 2.60. The largest absolute Gasteiger partial charge is 0.383 e. The van der Waals surface area contributed by atoms with Gasteiger partial charge in [-0.3, -0.25) is 4.79 Å². The molecule has 0 unspecified atom stereocenters. The van der Waals surface area contributed by atoms with Crippen molar-refractivity contribution in [2.45, 2.75) is 6.42 Å². The first-order valence-corrected chi connectivity index (χ1v) is 8.16. The number of fused-ring (bicyclic) bond motifs is 1. The monoisotopic (exact) mass is 339 g/mol. The van der Waals surface area contributed by atoms with Gasteiger partial charge in [0, 0.05) is 43.4 Å². The number of aromatic nitrogens is 3. The summed E-state index contributed by atoms with van der Waals surface area (Å²) in [4.78, 5) is 23.4. The quantitative estimate of drug-likeness (QED) is 0.546. The van der Waals surface area contributed by atoms with E-state index in [0.717, 1.165) is 11.9 Å². The van der Waals surface area contributed by atoms with Crippen molar-refractivity contribution in [3.63, 3.8) is 0 Å². The molecule has 0 saturated carbocycles. The van der Waals surface area contributed by atoms with Gasteiger partial charge >= 0.3 is 0 Å². The molecule has 0 aliphatic carbocycles. The number of H-pyrrole nitrogens is 1. The highest BCUT2D eigenvalue weighted by Gasteiger charge is 2.08. The van der Waals surface area contributed by atoms with Crippen molar-refractivity contribution in [3.05, 3.63) is 54.1 Å². The van der Waals surface area contributed by atoms with Crippen LogP contribution in [0.3, 0.4) is 0 Å². The molecule has 25 heavy (non-hydrogen) atoms. The van der Waals surface area contributed by atoms with Crippen LogP contribution in [0.4, 0.5) is 5.82 Å². The number of amides is 1. The molecule has 2 heterocycles. The van der Waals surface area contributed by atoms with Crippen molar-refractivity contribution in [2.24, 2.45) is 0 Å². The van der Waals surface area contributed by atoms with Crippen molar-refractivity contribution in [3.8, 4) is 0 Å². The predicted molar refractivity (Wildman–Crippen MR) is 96.7 cm³/mol. The van der Waals surface area contributed by atoms with Crippen LogP contribution >= 0.6 is 0 Å². The molecule has 130 valence electrons. The number of methoxy groups -OCH3 is 1. The fourth-order valence-electron chi connectivity index (χ4n) is 2.60. The normalized spacial score (nSPS) is 10.8. The van der Waals surface area contributed by atoms with E-state index < -0.39 is 0 Å². The van der Waals surface area contributed by atoms with E-state index in [1.807, 2.05) is 18.3 Å². The Kier molecular flexibility index (Phi) is 5.58. The number of rotatable bonds is 8. The van der Waals surface area contributed by atoms with Crippen LogP contribution in [0.2, 0.25) is 0 Å². The average molecular weight is 339 g/mol. The van der Waals surface area contributed by atoms with Gasteiger partial charge in [-0.1, -0.05) is 18.2 Å². The van der Waals surface area contributed by atoms with E-state index >= 15 is 0 Å². The van der Waals surface area contributed by atoms with Gasteiger partial charge < -0.3 is 20.4 Å². The first kappa shape index (κ1) is 16.9. The van der Waals surface area contributed by atoms with Crippen LogP contribution < -0.4 is 10.6 Å². The molecule has 0 aliphatic rings. The number of aromatic amines is 1. The number of hydrogen-bond donors (Lipinski definition) is 3. The van der Waals surface area contributed by atoms with E-state index in [9.17, 15) is 4.79 Å². The number of para-hydroxylation sites is 1. The van der Waals surface area contributed by atoms with Gasteiger partial charge in [0.15, 0.2) is 0 Å². The molecule has 0 saturated heterocycles. The van der Waals surface area contributed by atoms with Gasteiger partial charge in [-0.25, -0.2) is 9.97 Å². The van der Waals surface area contributed by atoms with E-state index in [-0.39, 0.29) is 5.91 Å². The number of carbonyl (C=O) groups excluding carboxylic acids is 1. The number of nitrogens with zero attached hydrogens (tertiary/aromatic N) is 2. The number of anilines is 1. The molecule has 7 heteroatoms. The molecule has 7 nitrogen and oxygen atoms in total. The van der Waals surface area contributed by atoms with Gasteiger partial charge in [0.25, 0.3) is 5.91 Å². The summed E-state index contributed by atoms with van der Waals surface area (Å²) in [5.41, 5.74) is 2.71. The van der Waals surface area contributed by atoms with E-state index in [1.54, 1.807) is 13.2 Å². The smallest absolute Gasteiger partial charge is 0.270 e. The first-order valence-electron chi connectivity index (χ1n) is 8.16. The lowest BCUT2D eigenvalue weighted by molar-refractivity contribution is 0.0932. The Labute approximate surface area is 145 Å². The SMILES string of the molecule is COCCNC(=O)c1cc(NCCc2c[nH]c3ccccc23)ncn1. The lowest BCUT2D eigenvalue weighted by atomic mass is 10.1. The summed E-state index contributed by atoms with van der Waals surface area (Å²) in [7, 11) is 1.59. The lowest BCUT2D eigenvalue weighted by Gasteiger charge is -2.07. The summed E-state index contributed by atoms with van der Waals surface area (Å²) in [5.74, 6) is 0.394. The number of carbonyl (C=O) groups is 1. The van der Waals surface area contributed by atoms with Gasteiger partial charge in [-0.05, 0) is 18.1 Å². The molecule has 3 rings (SSSR count). The molecule has 0 atom stereocenters. The summed E-state index contributed by atoms with van der Waals surface area (Å²) < 4.78 is 4.91. The minimum Gasteiger partial charge on any atom is -0.383 e. The molecule has 2 aromatic heterocycles. The topological polar surface area (TPSA) is 91.9 Å². The van der Waals surface area contributed by atoms with Crippen molar-refractivity contribution < 1.29 is 9.53 Å². The van der Waals surface area contributed by atoms with E-state index in [4.69, 9.17) is 4.74 Å². The zero-order valence-corrected chi connectivity index (χ0v) is 14.1. The fraction of sp³-hybridized carbons (Fsp3) is 0.278. The van der Waals surface area contributed by atoms with Crippen LogP contribution in [-0.2, 0) is 11.2 Å². The maximum absolute atomic E-state index is 12.0. The van der Waals surface area contributed by atoms with Crippen molar-refractivity contribution in [1.29, 1.82) is 0 Å². The summed E-state index contributed by atoms with van der Waals surface area (Å²) in [6.45, 7) is 1.62. The minimum absolute atomic E-state index is 0.237. The minimum atomic E-state index is -0.237. The second-order valence-electron chi connectivity index (χ2n) is 5.57. The van der Waals surface area contributed by atoms with Crippen molar-refractivity contribution in [1.82, 2.24) is 20.3 Å². The maximum Gasteiger partial charge on any atom is 0.270 e. The molecular formula is C18H21N5O2. The first-order chi connectivity index (χ1) is 12.3. The van der Waals surface area contributed by atoms with Gasteiger partial charge in [0.2, 0.25) is 0 Å². The second kappa shape index (κ2) is 8.25. The second-order valence-corrected chi connectivity index (χ2v) is 5.57. The molecule has 0 radical (unpaired) electrons. The van der Waals surface area contributed by atoms with Crippen LogP contribution in [0.5, 0.6) is 0 Å². The van der Waals surface area contributed by atoms with Crippen LogP contribution in [0.1, 0.15) is 16.1 Å². The number of hydrogen-bond acceptors (Lipinski definition) is 5. The standard InChI is InChI=1S/C18H21N5O2/c1-25-9-8-20-18(24)16-10-17(23-12-22-16)19-7-6-13-11-21-15-5-3-2-4-14(13)15/h2-5,10-12,21H,6-9H2,1H3,(H,20,24)(H,19,22,23). The van der Waals surface area contributed by atoms with Crippen LogP contribution in [0.15, 0.2) is 42.9 Å². The molecule has 0 fully saturated rings. The summed E-state index contributed by atoms with van der Waals surface area (Å²) in [6, 6.07) is 9.86. The summed E-state index contributed by atoms with van der Waals surface area (Å²) >= 11 is 0. The molecule has 0 spiro atoms.